The standard InChI is InChI=1S/C13H19NOS/c1-16-8-7-15-11-6-5-10-3-2-4-13(14)12(10)9-11/h5-6,9,13H,2-4,7-8,14H2,1H3/t13-/m0/s1. The Morgan fingerprint density at radius 3 is 3.19 bits per heavy atom. The van der Waals surface area contributed by atoms with E-state index in [1.807, 2.05) is 0 Å². The fraction of sp³-hybridized carbons (Fsp3) is 0.538. The molecule has 0 saturated heterocycles. The van der Waals surface area contributed by atoms with E-state index in [1.165, 1.54) is 17.5 Å². The fourth-order valence-corrected chi connectivity index (χ4v) is 2.40. The summed E-state index contributed by atoms with van der Waals surface area (Å²) in [6.45, 7) is 0.773. The lowest BCUT2D eigenvalue weighted by Crippen LogP contribution is -2.17. The van der Waals surface area contributed by atoms with E-state index >= 15 is 0 Å². The van der Waals surface area contributed by atoms with Gasteiger partial charge in [0.1, 0.15) is 5.75 Å². The van der Waals surface area contributed by atoms with Crippen molar-refractivity contribution in [1.29, 1.82) is 0 Å². The first kappa shape index (κ1) is 11.8. The van der Waals surface area contributed by atoms with E-state index in [0.29, 0.717) is 0 Å². The Morgan fingerprint density at radius 1 is 1.50 bits per heavy atom. The van der Waals surface area contributed by atoms with Gasteiger partial charge in [0.2, 0.25) is 0 Å². The van der Waals surface area contributed by atoms with E-state index in [4.69, 9.17) is 10.5 Å². The van der Waals surface area contributed by atoms with Gasteiger partial charge in [0, 0.05) is 11.8 Å². The maximum atomic E-state index is 6.11. The Kier molecular flexibility index (Phi) is 4.13. The number of thioether (sulfide) groups is 1. The van der Waals surface area contributed by atoms with Crippen LogP contribution in [0, 0.1) is 0 Å². The summed E-state index contributed by atoms with van der Waals surface area (Å²) in [5.41, 5.74) is 8.79. The van der Waals surface area contributed by atoms with Crippen molar-refractivity contribution in [3.63, 3.8) is 0 Å². The second-order valence-corrected chi connectivity index (χ2v) is 5.19. The van der Waals surface area contributed by atoms with Crippen LogP contribution in [0.2, 0.25) is 0 Å². The first-order valence-corrected chi connectivity index (χ1v) is 7.21. The quantitative estimate of drug-likeness (QED) is 0.818. The summed E-state index contributed by atoms with van der Waals surface area (Å²) in [7, 11) is 0. The molecule has 0 radical (unpaired) electrons. The summed E-state index contributed by atoms with van der Waals surface area (Å²) in [6, 6.07) is 6.56. The van der Waals surface area contributed by atoms with Gasteiger partial charge in [-0.25, -0.2) is 0 Å². The number of ether oxygens (including phenoxy) is 1. The summed E-state index contributed by atoms with van der Waals surface area (Å²) in [5, 5.41) is 0. The molecule has 88 valence electrons. The highest BCUT2D eigenvalue weighted by Crippen LogP contribution is 2.30. The molecule has 0 heterocycles. The Hall–Kier alpha value is -0.670. The molecule has 1 aromatic carbocycles. The number of hydrogen-bond donors (Lipinski definition) is 1. The normalized spacial score (nSPS) is 19.2. The van der Waals surface area contributed by atoms with Crippen LogP contribution in [0.25, 0.3) is 0 Å². The predicted molar refractivity (Wildman–Crippen MR) is 70.2 cm³/mol. The number of benzene rings is 1. The van der Waals surface area contributed by atoms with Gasteiger partial charge in [0.15, 0.2) is 0 Å². The average Bonchev–Trinajstić information content (AvgIpc) is 2.30. The molecule has 0 aliphatic heterocycles. The molecule has 0 fully saturated rings. The van der Waals surface area contributed by atoms with E-state index in [9.17, 15) is 0 Å². The summed E-state index contributed by atoms with van der Waals surface area (Å²) in [6.07, 6.45) is 5.56. The molecule has 2 nitrogen and oxygen atoms in total. The van der Waals surface area contributed by atoms with E-state index in [0.717, 1.165) is 31.0 Å². The SMILES string of the molecule is CSCCOc1ccc2c(c1)[C@@H](N)CCC2. The van der Waals surface area contributed by atoms with Gasteiger partial charge in [0.05, 0.1) is 6.61 Å². The van der Waals surface area contributed by atoms with Gasteiger partial charge >= 0.3 is 0 Å². The molecule has 2 rings (SSSR count). The van der Waals surface area contributed by atoms with Gasteiger partial charge in [-0.2, -0.15) is 11.8 Å². The zero-order valence-electron chi connectivity index (χ0n) is 9.74. The molecule has 2 N–H and O–H groups in total. The average molecular weight is 237 g/mol. The maximum absolute atomic E-state index is 6.11. The largest absolute Gasteiger partial charge is 0.493 e. The van der Waals surface area contributed by atoms with Gasteiger partial charge in [0.25, 0.3) is 0 Å². The van der Waals surface area contributed by atoms with Crippen LogP contribution < -0.4 is 10.5 Å². The van der Waals surface area contributed by atoms with Gasteiger partial charge in [-0.3, -0.25) is 0 Å². The first-order chi connectivity index (χ1) is 7.81. The van der Waals surface area contributed by atoms with Crippen LogP contribution in [-0.2, 0) is 6.42 Å². The van der Waals surface area contributed by atoms with Crippen molar-refractivity contribution in [3.05, 3.63) is 29.3 Å². The van der Waals surface area contributed by atoms with Crippen molar-refractivity contribution >= 4 is 11.8 Å². The van der Waals surface area contributed by atoms with Crippen molar-refractivity contribution in [1.82, 2.24) is 0 Å². The second-order valence-electron chi connectivity index (χ2n) is 4.20. The minimum absolute atomic E-state index is 0.202. The van der Waals surface area contributed by atoms with Crippen LogP contribution in [0.1, 0.15) is 30.0 Å². The maximum Gasteiger partial charge on any atom is 0.119 e. The molecule has 0 amide bonds. The Morgan fingerprint density at radius 2 is 2.38 bits per heavy atom. The lowest BCUT2D eigenvalue weighted by atomic mass is 9.88. The highest BCUT2D eigenvalue weighted by molar-refractivity contribution is 7.98. The molecule has 0 saturated carbocycles. The molecule has 0 aromatic heterocycles. The third kappa shape index (κ3) is 2.71. The number of aryl methyl sites for hydroxylation is 1. The topological polar surface area (TPSA) is 35.2 Å². The van der Waals surface area contributed by atoms with Gasteiger partial charge in [-0.15, -0.1) is 0 Å². The van der Waals surface area contributed by atoms with E-state index in [1.54, 1.807) is 11.8 Å². The van der Waals surface area contributed by atoms with Gasteiger partial charge in [-0.05, 0) is 48.8 Å². The van der Waals surface area contributed by atoms with Crippen LogP contribution >= 0.6 is 11.8 Å². The zero-order valence-corrected chi connectivity index (χ0v) is 10.6. The lowest BCUT2D eigenvalue weighted by Gasteiger charge is -2.22. The van der Waals surface area contributed by atoms with Gasteiger partial charge in [-0.1, -0.05) is 6.07 Å². The number of fused-ring (bicyclic) bond motifs is 1. The Balaban J connectivity index is 2.08. The highest BCUT2D eigenvalue weighted by atomic mass is 32.2. The third-order valence-electron chi connectivity index (χ3n) is 3.03. The molecule has 1 aliphatic rings. The molecule has 0 spiro atoms. The van der Waals surface area contributed by atoms with E-state index in [2.05, 4.69) is 24.5 Å². The summed E-state index contributed by atoms with van der Waals surface area (Å²) in [5.74, 6) is 1.99. The van der Waals surface area contributed by atoms with Crippen LogP contribution in [0.5, 0.6) is 5.75 Å². The highest BCUT2D eigenvalue weighted by Gasteiger charge is 2.16. The van der Waals surface area contributed by atoms with Gasteiger partial charge < -0.3 is 10.5 Å². The molecule has 1 atom stereocenters. The van der Waals surface area contributed by atoms with Crippen molar-refractivity contribution < 1.29 is 4.74 Å². The van der Waals surface area contributed by atoms with Crippen LogP contribution in [0.4, 0.5) is 0 Å². The van der Waals surface area contributed by atoms with Crippen LogP contribution in [0.15, 0.2) is 18.2 Å². The molecule has 1 aliphatic carbocycles. The summed E-state index contributed by atoms with van der Waals surface area (Å²) in [4.78, 5) is 0. The molecular formula is C13H19NOS. The fourth-order valence-electron chi connectivity index (χ4n) is 2.15. The molecule has 16 heavy (non-hydrogen) atoms. The van der Waals surface area contributed by atoms with Crippen LogP contribution in [-0.4, -0.2) is 18.6 Å². The summed E-state index contributed by atoms with van der Waals surface area (Å²) < 4.78 is 5.68. The third-order valence-corrected chi connectivity index (χ3v) is 3.61. The first-order valence-electron chi connectivity index (χ1n) is 5.81. The molecule has 0 unspecified atom stereocenters. The Labute approximate surface area is 102 Å². The number of nitrogens with two attached hydrogens (primary N) is 1. The van der Waals surface area contributed by atoms with Crippen LogP contribution in [0.3, 0.4) is 0 Å². The van der Waals surface area contributed by atoms with E-state index < -0.39 is 0 Å². The zero-order chi connectivity index (χ0) is 11.4. The molecular weight excluding hydrogens is 218 g/mol. The lowest BCUT2D eigenvalue weighted by molar-refractivity contribution is 0.343. The number of rotatable bonds is 4. The molecule has 3 heteroatoms. The van der Waals surface area contributed by atoms with Crippen molar-refractivity contribution in [2.45, 2.75) is 25.3 Å². The van der Waals surface area contributed by atoms with Crippen molar-refractivity contribution in [2.24, 2.45) is 5.73 Å². The minimum Gasteiger partial charge on any atom is -0.493 e. The second kappa shape index (κ2) is 5.60. The molecule has 0 bridgehead atoms. The van der Waals surface area contributed by atoms with E-state index in [-0.39, 0.29) is 6.04 Å². The van der Waals surface area contributed by atoms with Crippen molar-refractivity contribution in [3.8, 4) is 5.75 Å². The number of hydrogen-bond acceptors (Lipinski definition) is 3. The molecule has 1 aromatic rings. The van der Waals surface area contributed by atoms with Crippen molar-refractivity contribution in [2.75, 3.05) is 18.6 Å². The minimum atomic E-state index is 0.202. The summed E-state index contributed by atoms with van der Waals surface area (Å²) >= 11 is 1.80. The monoisotopic (exact) mass is 237 g/mol. The Bertz CT molecular complexity index is 354. The predicted octanol–water partition coefficient (Wildman–Crippen LogP) is 2.76. The smallest absolute Gasteiger partial charge is 0.119 e.